The third kappa shape index (κ3) is 2.09. The fourth-order valence-corrected chi connectivity index (χ4v) is 3.66. The first kappa shape index (κ1) is 13.4. The topological polar surface area (TPSA) is 66.9 Å². The summed E-state index contributed by atoms with van der Waals surface area (Å²) in [5.41, 5.74) is 3.78. The maximum Gasteiger partial charge on any atom is 0.271 e. The molecule has 1 saturated heterocycles. The number of nitrogens with one attached hydrogen (secondary N) is 2. The number of amides is 1. The van der Waals surface area contributed by atoms with Crippen LogP contribution in [0.2, 0.25) is 0 Å². The van der Waals surface area contributed by atoms with Gasteiger partial charge >= 0.3 is 0 Å². The van der Waals surface area contributed by atoms with Crippen LogP contribution in [0.5, 0.6) is 0 Å². The van der Waals surface area contributed by atoms with E-state index in [1.807, 2.05) is 13.0 Å². The predicted octanol–water partition coefficient (Wildman–Crippen LogP) is 1.57. The highest BCUT2D eigenvalue weighted by atomic mass is 16.2. The van der Waals surface area contributed by atoms with Crippen molar-refractivity contribution in [2.45, 2.75) is 18.9 Å². The molecule has 1 aliphatic carbocycles. The number of fused-ring (bicyclic) bond motifs is 3. The average molecular weight is 294 g/mol. The monoisotopic (exact) mass is 294 g/mol. The molecule has 2 heterocycles. The van der Waals surface area contributed by atoms with Crippen molar-refractivity contribution >= 4 is 5.91 Å². The van der Waals surface area contributed by atoms with E-state index in [0.29, 0.717) is 17.5 Å². The predicted molar refractivity (Wildman–Crippen MR) is 82.5 cm³/mol. The molecule has 4 rings (SSSR count). The minimum absolute atomic E-state index is 0.0480. The molecule has 1 fully saturated rings. The van der Waals surface area contributed by atoms with Crippen molar-refractivity contribution in [3.63, 3.8) is 0 Å². The smallest absolute Gasteiger partial charge is 0.271 e. The largest absolute Gasteiger partial charge is 0.343 e. The van der Waals surface area contributed by atoms with Crippen LogP contribution < -0.4 is 10.6 Å². The standard InChI is InChI=1S/C17H18N4O/c1-10-6-20-15(9-19-10)17(22)21-16-12-5-3-2-4-11(12)13-7-18-8-14(13)16/h2-6,9,13-14,16,18H,7-8H2,1H3,(H,21,22)/t13-,14-,16-/m0/s1. The third-order valence-corrected chi connectivity index (χ3v) is 4.72. The summed E-state index contributed by atoms with van der Waals surface area (Å²) >= 11 is 0. The molecule has 0 spiro atoms. The zero-order chi connectivity index (χ0) is 15.1. The molecule has 2 aromatic rings. The molecular weight excluding hydrogens is 276 g/mol. The summed E-state index contributed by atoms with van der Waals surface area (Å²) in [6, 6.07) is 8.46. The van der Waals surface area contributed by atoms with Crippen molar-refractivity contribution in [1.29, 1.82) is 0 Å². The van der Waals surface area contributed by atoms with Crippen molar-refractivity contribution in [2.24, 2.45) is 5.92 Å². The third-order valence-electron chi connectivity index (χ3n) is 4.72. The summed E-state index contributed by atoms with van der Waals surface area (Å²) in [5, 5.41) is 6.60. The zero-order valence-electron chi connectivity index (χ0n) is 12.4. The van der Waals surface area contributed by atoms with E-state index < -0.39 is 0 Å². The zero-order valence-corrected chi connectivity index (χ0v) is 12.4. The van der Waals surface area contributed by atoms with Gasteiger partial charge in [0.05, 0.1) is 17.9 Å². The lowest BCUT2D eigenvalue weighted by Crippen LogP contribution is -2.33. The highest BCUT2D eigenvalue weighted by Gasteiger charge is 2.43. The van der Waals surface area contributed by atoms with E-state index in [-0.39, 0.29) is 11.9 Å². The van der Waals surface area contributed by atoms with E-state index in [4.69, 9.17) is 0 Å². The van der Waals surface area contributed by atoms with Crippen LogP contribution in [0.3, 0.4) is 0 Å². The number of carbonyl (C=O) groups is 1. The molecule has 1 aliphatic heterocycles. The van der Waals surface area contributed by atoms with E-state index in [2.05, 4.69) is 38.8 Å². The van der Waals surface area contributed by atoms with Crippen LogP contribution in [-0.2, 0) is 0 Å². The minimum atomic E-state index is -0.153. The van der Waals surface area contributed by atoms with Gasteiger partial charge in [-0.25, -0.2) is 4.98 Å². The molecule has 2 aliphatic rings. The number of hydrogen-bond acceptors (Lipinski definition) is 4. The number of nitrogens with zero attached hydrogens (tertiary/aromatic N) is 2. The number of rotatable bonds is 2. The lowest BCUT2D eigenvalue weighted by Gasteiger charge is -2.20. The van der Waals surface area contributed by atoms with E-state index in [1.54, 1.807) is 6.20 Å². The first-order valence-corrected chi connectivity index (χ1v) is 7.63. The van der Waals surface area contributed by atoms with Crippen molar-refractivity contribution in [2.75, 3.05) is 13.1 Å². The van der Waals surface area contributed by atoms with Crippen molar-refractivity contribution < 1.29 is 4.79 Å². The maximum atomic E-state index is 12.5. The van der Waals surface area contributed by atoms with Crippen molar-refractivity contribution in [1.82, 2.24) is 20.6 Å². The van der Waals surface area contributed by atoms with Crippen LogP contribution in [0.1, 0.15) is 39.3 Å². The number of carbonyl (C=O) groups excluding carboxylic acids is 1. The number of aromatic nitrogens is 2. The Labute approximate surface area is 129 Å². The second-order valence-corrected chi connectivity index (χ2v) is 6.05. The summed E-state index contributed by atoms with van der Waals surface area (Å²) in [7, 11) is 0. The Morgan fingerprint density at radius 1 is 1.18 bits per heavy atom. The Kier molecular flexibility index (Phi) is 3.15. The van der Waals surface area contributed by atoms with Crippen LogP contribution in [-0.4, -0.2) is 29.0 Å². The normalized spacial score (nSPS) is 25.6. The second-order valence-electron chi connectivity index (χ2n) is 6.05. The van der Waals surface area contributed by atoms with E-state index in [9.17, 15) is 4.79 Å². The maximum absolute atomic E-state index is 12.5. The van der Waals surface area contributed by atoms with Gasteiger partial charge in [-0.3, -0.25) is 9.78 Å². The minimum Gasteiger partial charge on any atom is -0.343 e. The Morgan fingerprint density at radius 2 is 2.00 bits per heavy atom. The molecule has 2 N–H and O–H groups in total. The number of hydrogen-bond donors (Lipinski definition) is 2. The molecule has 0 radical (unpaired) electrons. The summed E-state index contributed by atoms with van der Waals surface area (Å²) in [4.78, 5) is 20.8. The summed E-state index contributed by atoms with van der Waals surface area (Å²) in [6.45, 7) is 3.78. The summed E-state index contributed by atoms with van der Waals surface area (Å²) < 4.78 is 0. The van der Waals surface area contributed by atoms with Gasteiger partial charge < -0.3 is 10.6 Å². The Bertz CT molecular complexity index is 713. The molecule has 5 heteroatoms. The lowest BCUT2D eigenvalue weighted by molar-refractivity contribution is 0.0920. The molecule has 22 heavy (non-hydrogen) atoms. The number of aryl methyl sites for hydroxylation is 1. The molecule has 1 amide bonds. The molecule has 1 aromatic heterocycles. The SMILES string of the molecule is Cc1cnc(C(=O)N[C@H]2c3ccccc3[C@@H]3CNC[C@@H]32)cn1. The van der Waals surface area contributed by atoms with E-state index in [0.717, 1.165) is 18.8 Å². The molecule has 0 bridgehead atoms. The fourth-order valence-electron chi connectivity index (χ4n) is 3.66. The fraction of sp³-hybridized carbons (Fsp3) is 0.353. The van der Waals surface area contributed by atoms with Gasteiger partial charge in [0.15, 0.2) is 0 Å². The van der Waals surface area contributed by atoms with Gasteiger partial charge in [-0.05, 0) is 18.1 Å². The van der Waals surface area contributed by atoms with Crippen molar-refractivity contribution in [3.05, 3.63) is 59.2 Å². The van der Waals surface area contributed by atoms with Gasteiger partial charge in [-0.2, -0.15) is 0 Å². The Hall–Kier alpha value is -2.27. The highest BCUT2D eigenvalue weighted by molar-refractivity contribution is 5.92. The second kappa shape index (κ2) is 5.18. The van der Waals surface area contributed by atoms with Crippen LogP contribution in [0.25, 0.3) is 0 Å². The summed E-state index contributed by atoms with van der Waals surface area (Å²) in [5.74, 6) is 0.755. The van der Waals surface area contributed by atoms with Crippen LogP contribution in [0.15, 0.2) is 36.7 Å². The van der Waals surface area contributed by atoms with E-state index in [1.165, 1.54) is 17.3 Å². The highest BCUT2D eigenvalue weighted by Crippen LogP contribution is 2.46. The Balaban J connectivity index is 1.62. The van der Waals surface area contributed by atoms with Gasteiger partial charge in [-0.1, -0.05) is 24.3 Å². The van der Waals surface area contributed by atoms with Gasteiger partial charge in [0.1, 0.15) is 5.69 Å². The molecule has 3 atom stereocenters. The van der Waals surface area contributed by atoms with Crippen LogP contribution in [0, 0.1) is 12.8 Å². The lowest BCUT2D eigenvalue weighted by atomic mass is 9.94. The molecular formula is C17H18N4O. The molecule has 0 saturated carbocycles. The first-order chi connectivity index (χ1) is 10.7. The van der Waals surface area contributed by atoms with Gasteiger partial charge in [0, 0.05) is 31.1 Å². The molecule has 112 valence electrons. The first-order valence-electron chi connectivity index (χ1n) is 7.63. The molecule has 5 nitrogen and oxygen atoms in total. The van der Waals surface area contributed by atoms with Crippen LogP contribution >= 0.6 is 0 Å². The molecule has 0 unspecified atom stereocenters. The molecule has 1 aromatic carbocycles. The number of benzene rings is 1. The van der Waals surface area contributed by atoms with Crippen LogP contribution in [0.4, 0.5) is 0 Å². The van der Waals surface area contributed by atoms with E-state index >= 15 is 0 Å². The van der Waals surface area contributed by atoms with Gasteiger partial charge in [-0.15, -0.1) is 0 Å². The van der Waals surface area contributed by atoms with Gasteiger partial charge in [0.25, 0.3) is 5.91 Å². The Morgan fingerprint density at radius 3 is 2.77 bits per heavy atom. The quantitative estimate of drug-likeness (QED) is 0.882. The summed E-state index contributed by atoms with van der Waals surface area (Å²) in [6.07, 6.45) is 3.16. The van der Waals surface area contributed by atoms with Gasteiger partial charge in [0.2, 0.25) is 0 Å². The van der Waals surface area contributed by atoms with Crippen molar-refractivity contribution in [3.8, 4) is 0 Å². The average Bonchev–Trinajstić information content (AvgIpc) is 3.11.